The van der Waals surface area contributed by atoms with Gasteiger partial charge in [0.2, 0.25) is 0 Å². The number of rotatable bonds is 4. The zero-order valence-corrected chi connectivity index (χ0v) is 13.1. The van der Waals surface area contributed by atoms with E-state index in [1.165, 1.54) is 23.4 Å². The third-order valence-corrected chi connectivity index (χ3v) is 5.00. The lowest BCUT2D eigenvalue weighted by Crippen LogP contribution is -2.24. The van der Waals surface area contributed by atoms with Gasteiger partial charge in [-0.2, -0.15) is 0 Å². The van der Waals surface area contributed by atoms with Gasteiger partial charge in [-0.1, -0.05) is 18.5 Å². The summed E-state index contributed by atoms with van der Waals surface area (Å²) in [6, 6.07) is 4.29. The molecule has 1 unspecified atom stereocenters. The van der Waals surface area contributed by atoms with E-state index in [-0.39, 0.29) is 0 Å². The van der Waals surface area contributed by atoms with Crippen molar-refractivity contribution in [3.8, 4) is 10.7 Å². The highest BCUT2D eigenvalue weighted by Crippen LogP contribution is 2.37. The summed E-state index contributed by atoms with van der Waals surface area (Å²) in [7, 11) is 0. The molecule has 3 rings (SSSR count). The standard InChI is InChI=1S/C15H18ClN3S/c1-2-8-17-11-4-3-5-12-14(11)20-15(19-12)13-7-6-10(16)9-18-13/h6-7,9,11,17H,2-5,8H2,1H3. The number of pyridine rings is 1. The first-order valence-electron chi connectivity index (χ1n) is 7.13. The number of hydrogen-bond donors (Lipinski definition) is 1. The number of nitrogens with one attached hydrogen (secondary N) is 1. The molecule has 3 nitrogen and oxygen atoms in total. The fourth-order valence-electron chi connectivity index (χ4n) is 2.54. The second-order valence-corrected chi connectivity index (χ2v) is 6.56. The van der Waals surface area contributed by atoms with Crippen LogP contribution in [0.1, 0.15) is 42.8 Å². The number of fused-ring (bicyclic) bond motifs is 1. The lowest BCUT2D eigenvalue weighted by molar-refractivity contribution is 0.465. The van der Waals surface area contributed by atoms with Gasteiger partial charge >= 0.3 is 0 Å². The lowest BCUT2D eigenvalue weighted by atomic mass is 9.98. The van der Waals surface area contributed by atoms with Crippen molar-refractivity contribution >= 4 is 22.9 Å². The molecule has 2 heterocycles. The van der Waals surface area contributed by atoms with E-state index in [0.29, 0.717) is 11.1 Å². The molecular weight excluding hydrogens is 290 g/mol. The van der Waals surface area contributed by atoms with Crippen LogP contribution in [0.5, 0.6) is 0 Å². The fourth-order valence-corrected chi connectivity index (χ4v) is 3.86. The Hall–Kier alpha value is -0.970. The van der Waals surface area contributed by atoms with Crippen LogP contribution in [0.2, 0.25) is 5.02 Å². The molecule has 5 heteroatoms. The van der Waals surface area contributed by atoms with Crippen LogP contribution < -0.4 is 5.32 Å². The first kappa shape index (κ1) is 14.0. The summed E-state index contributed by atoms with van der Waals surface area (Å²) in [5.41, 5.74) is 2.17. The van der Waals surface area contributed by atoms with Crippen LogP contribution in [0.4, 0.5) is 0 Å². The first-order chi connectivity index (χ1) is 9.78. The highest BCUT2D eigenvalue weighted by molar-refractivity contribution is 7.15. The molecule has 1 atom stereocenters. The van der Waals surface area contributed by atoms with E-state index in [1.54, 1.807) is 17.5 Å². The summed E-state index contributed by atoms with van der Waals surface area (Å²) < 4.78 is 0. The Morgan fingerprint density at radius 3 is 3.10 bits per heavy atom. The second-order valence-electron chi connectivity index (χ2n) is 5.09. The van der Waals surface area contributed by atoms with Crippen molar-refractivity contribution in [3.05, 3.63) is 33.9 Å². The van der Waals surface area contributed by atoms with E-state index in [9.17, 15) is 0 Å². The van der Waals surface area contributed by atoms with Crippen molar-refractivity contribution in [1.29, 1.82) is 0 Å². The van der Waals surface area contributed by atoms with Gasteiger partial charge < -0.3 is 5.32 Å². The van der Waals surface area contributed by atoms with Gasteiger partial charge in [-0.25, -0.2) is 4.98 Å². The highest BCUT2D eigenvalue weighted by Gasteiger charge is 2.24. The number of halogens is 1. The average Bonchev–Trinajstić information content (AvgIpc) is 2.90. The molecule has 106 valence electrons. The zero-order valence-electron chi connectivity index (χ0n) is 11.5. The first-order valence-corrected chi connectivity index (χ1v) is 8.32. The molecule has 2 aromatic heterocycles. The molecule has 1 aliphatic rings. The Morgan fingerprint density at radius 1 is 1.45 bits per heavy atom. The molecule has 0 saturated carbocycles. The largest absolute Gasteiger partial charge is 0.309 e. The smallest absolute Gasteiger partial charge is 0.142 e. The van der Waals surface area contributed by atoms with Gasteiger partial charge in [-0.15, -0.1) is 11.3 Å². The SMILES string of the molecule is CCCNC1CCCc2nc(-c3ccc(Cl)cn3)sc21. The number of thiazole rings is 1. The monoisotopic (exact) mass is 307 g/mol. The summed E-state index contributed by atoms with van der Waals surface area (Å²) in [5, 5.41) is 5.31. The molecule has 1 aliphatic carbocycles. The maximum atomic E-state index is 5.89. The number of hydrogen-bond acceptors (Lipinski definition) is 4. The van der Waals surface area contributed by atoms with E-state index < -0.39 is 0 Å². The van der Waals surface area contributed by atoms with Crippen LogP contribution in [0.3, 0.4) is 0 Å². The van der Waals surface area contributed by atoms with Crippen LogP contribution in [0.15, 0.2) is 18.3 Å². The number of nitrogens with zero attached hydrogens (tertiary/aromatic N) is 2. The molecule has 2 aromatic rings. The van der Waals surface area contributed by atoms with Crippen LogP contribution in [-0.4, -0.2) is 16.5 Å². The van der Waals surface area contributed by atoms with E-state index in [1.807, 2.05) is 12.1 Å². The van der Waals surface area contributed by atoms with Gasteiger partial charge in [0.25, 0.3) is 0 Å². The summed E-state index contributed by atoms with van der Waals surface area (Å²) in [4.78, 5) is 10.6. The Labute approximate surface area is 128 Å². The van der Waals surface area contributed by atoms with Crippen LogP contribution >= 0.6 is 22.9 Å². The Morgan fingerprint density at radius 2 is 2.35 bits per heavy atom. The van der Waals surface area contributed by atoms with Gasteiger partial charge in [0.05, 0.1) is 16.4 Å². The second kappa shape index (κ2) is 6.20. The molecule has 0 aliphatic heterocycles. The van der Waals surface area contributed by atoms with Crippen molar-refractivity contribution in [1.82, 2.24) is 15.3 Å². The molecule has 0 aromatic carbocycles. The van der Waals surface area contributed by atoms with E-state index in [0.717, 1.165) is 30.1 Å². The highest BCUT2D eigenvalue weighted by atomic mass is 35.5. The van der Waals surface area contributed by atoms with E-state index >= 15 is 0 Å². The minimum absolute atomic E-state index is 0.470. The molecule has 0 amide bonds. The van der Waals surface area contributed by atoms with Crippen LogP contribution in [0.25, 0.3) is 10.7 Å². The van der Waals surface area contributed by atoms with Crippen LogP contribution in [-0.2, 0) is 6.42 Å². The molecule has 0 radical (unpaired) electrons. The molecule has 0 spiro atoms. The summed E-state index contributed by atoms with van der Waals surface area (Å²) in [6.45, 7) is 3.27. The van der Waals surface area contributed by atoms with Crippen molar-refractivity contribution in [2.24, 2.45) is 0 Å². The number of aryl methyl sites for hydroxylation is 1. The van der Waals surface area contributed by atoms with Crippen molar-refractivity contribution < 1.29 is 0 Å². The van der Waals surface area contributed by atoms with E-state index in [4.69, 9.17) is 16.6 Å². The summed E-state index contributed by atoms with van der Waals surface area (Å²) in [6.07, 6.45) is 6.36. The molecular formula is C15H18ClN3S. The normalized spacial score (nSPS) is 18.0. The van der Waals surface area contributed by atoms with Crippen LogP contribution in [0, 0.1) is 0 Å². The predicted molar refractivity (Wildman–Crippen MR) is 84.3 cm³/mol. The molecule has 1 N–H and O–H groups in total. The van der Waals surface area contributed by atoms with Gasteiger partial charge in [0.1, 0.15) is 5.01 Å². The zero-order chi connectivity index (χ0) is 13.9. The third-order valence-electron chi connectivity index (χ3n) is 3.54. The minimum atomic E-state index is 0.470. The maximum absolute atomic E-state index is 5.89. The summed E-state index contributed by atoms with van der Waals surface area (Å²) in [5.74, 6) is 0. The Kier molecular flexibility index (Phi) is 4.34. The Bertz CT molecular complexity index is 579. The van der Waals surface area contributed by atoms with Crippen molar-refractivity contribution in [3.63, 3.8) is 0 Å². The van der Waals surface area contributed by atoms with Gasteiger partial charge in [-0.05, 0) is 44.4 Å². The summed E-state index contributed by atoms with van der Waals surface area (Å²) >= 11 is 7.66. The molecule has 0 saturated heterocycles. The molecule has 0 fully saturated rings. The lowest BCUT2D eigenvalue weighted by Gasteiger charge is -2.22. The van der Waals surface area contributed by atoms with Gasteiger partial charge in [0.15, 0.2) is 0 Å². The number of aromatic nitrogens is 2. The third kappa shape index (κ3) is 2.87. The quantitative estimate of drug-likeness (QED) is 0.918. The van der Waals surface area contributed by atoms with Gasteiger partial charge in [0, 0.05) is 17.1 Å². The predicted octanol–water partition coefficient (Wildman–Crippen LogP) is 4.24. The topological polar surface area (TPSA) is 37.8 Å². The maximum Gasteiger partial charge on any atom is 0.142 e. The average molecular weight is 308 g/mol. The van der Waals surface area contributed by atoms with Crippen molar-refractivity contribution in [2.75, 3.05) is 6.54 Å². The van der Waals surface area contributed by atoms with Crippen molar-refractivity contribution in [2.45, 2.75) is 38.6 Å². The van der Waals surface area contributed by atoms with Gasteiger partial charge in [-0.3, -0.25) is 4.98 Å². The van der Waals surface area contributed by atoms with E-state index in [2.05, 4.69) is 17.2 Å². The fraction of sp³-hybridized carbons (Fsp3) is 0.467. The minimum Gasteiger partial charge on any atom is -0.309 e. The Balaban J connectivity index is 1.88. The molecule has 0 bridgehead atoms. The molecule has 20 heavy (non-hydrogen) atoms.